The zero-order valence-electron chi connectivity index (χ0n) is 14.4. The lowest BCUT2D eigenvalue weighted by atomic mass is 10.2. The van der Waals surface area contributed by atoms with Crippen LogP contribution in [0.1, 0.15) is 16.1 Å². The highest BCUT2D eigenvalue weighted by molar-refractivity contribution is 7.20. The van der Waals surface area contributed by atoms with Crippen LogP contribution in [-0.2, 0) is 0 Å². The monoisotopic (exact) mass is 410 g/mol. The Morgan fingerprint density at radius 3 is 2.79 bits per heavy atom. The highest BCUT2D eigenvalue weighted by Crippen LogP contribution is 2.28. The van der Waals surface area contributed by atoms with Crippen LogP contribution in [0.15, 0.2) is 42.5 Å². The molecule has 28 heavy (non-hydrogen) atoms. The van der Waals surface area contributed by atoms with Crippen LogP contribution < -0.4 is 5.32 Å². The minimum atomic E-state index is -0.320. The quantitative estimate of drug-likeness (QED) is 0.482. The molecule has 7 nitrogen and oxygen atoms in total. The summed E-state index contributed by atoms with van der Waals surface area (Å²) in [7, 11) is 0. The minimum absolute atomic E-state index is 0.289. The molecule has 0 aliphatic rings. The second-order valence-electron chi connectivity index (χ2n) is 6.11. The summed E-state index contributed by atoms with van der Waals surface area (Å²) in [5.74, 6) is -0.124. The molecule has 5 rings (SSSR count). The van der Waals surface area contributed by atoms with Gasteiger partial charge in [0.15, 0.2) is 0 Å². The molecular formula is C18H11FN6OS2. The van der Waals surface area contributed by atoms with E-state index in [1.165, 1.54) is 23.5 Å². The van der Waals surface area contributed by atoms with Crippen molar-refractivity contribution in [1.29, 1.82) is 0 Å². The van der Waals surface area contributed by atoms with E-state index in [-0.39, 0.29) is 11.7 Å². The Bertz CT molecular complexity index is 1350. The summed E-state index contributed by atoms with van der Waals surface area (Å²) in [5, 5.41) is 7.84. The molecule has 0 spiro atoms. The lowest BCUT2D eigenvalue weighted by molar-refractivity contribution is 0.102. The highest BCUT2D eigenvalue weighted by Gasteiger charge is 2.16. The van der Waals surface area contributed by atoms with E-state index >= 15 is 0 Å². The second-order valence-corrected chi connectivity index (χ2v) is 7.65. The van der Waals surface area contributed by atoms with Gasteiger partial charge in [-0.1, -0.05) is 11.3 Å². The summed E-state index contributed by atoms with van der Waals surface area (Å²) in [6.45, 7) is 1.83. The van der Waals surface area contributed by atoms with Crippen LogP contribution in [0.4, 0.5) is 10.2 Å². The molecule has 0 fully saturated rings. The number of aryl methyl sites for hydroxylation is 1. The van der Waals surface area contributed by atoms with Gasteiger partial charge in [-0.3, -0.25) is 4.79 Å². The van der Waals surface area contributed by atoms with Gasteiger partial charge in [-0.2, -0.15) is 18.5 Å². The summed E-state index contributed by atoms with van der Waals surface area (Å²) in [6.07, 6.45) is 0. The summed E-state index contributed by atoms with van der Waals surface area (Å²) in [5.41, 5.74) is 3.30. The maximum atomic E-state index is 13.5. The highest BCUT2D eigenvalue weighted by atomic mass is 32.1. The van der Waals surface area contributed by atoms with Gasteiger partial charge in [0.2, 0.25) is 5.13 Å². The van der Waals surface area contributed by atoms with Crippen molar-refractivity contribution in [3.8, 4) is 5.13 Å². The van der Waals surface area contributed by atoms with E-state index in [2.05, 4.69) is 24.1 Å². The zero-order valence-corrected chi connectivity index (χ0v) is 16.0. The van der Waals surface area contributed by atoms with E-state index in [9.17, 15) is 9.18 Å². The van der Waals surface area contributed by atoms with Gasteiger partial charge in [0.05, 0.1) is 27.6 Å². The predicted octanol–water partition coefficient (Wildman–Crippen LogP) is 4.19. The molecule has 1 amide bonds. The average molecular weight is 410 g/mol. The fraction of sp³-hybridized carbons (Fsp3) is 0.0556. The van der Waals surface area contributed by atoms with Gasteiger partial charge < -0.3 is 5.32 Å². The number of anilines is 1. The van der Waals surface area contributed by atoms with E-state index < -0.39 is 0 Å². The number of nitrogens with zero attached hydrogens (tertiary/aromatic N) is 5. The molecule has 138 valence electrons. The first-order chi connectivity index (χ1) is 13.6. The predicted molar refractivity (Wildman–Crippen MR) is 107 cm³/mol. The number of hydrogen-bond donors (Lipinski definition) is 1. The number of aromatic nitrogens is 5. The van der Waals surface area contributed by atoms with Crippen LogP contribution in [0.25, 0.3) is 26.4 Å². The van der Waals surface area contributed by atoms with Crippen LogP contribution in [0.2, 0.25) is 0 Å². The molecule has 1 N–H and O–H groups in total. The van der Waals surface area contributed by atoms with Crippen LogP contribution >= 0.6 is 23.1 Å². The Labute approximate surface area is 165 Å². The first-order valence-electron chi connectivity index (χ1n) is 8.24. The summed E-state index contributed by atoms with van der Waals surface area (Å²) < 4.78 is 24.0. The van der Waals surface area contributed by atoms with Crippen LogP contribution in [0.5, 0.6) is 0 Å². The minimum Gasteiger partial charge on any atom is -0.306 e. The Hall–Kier alpha value is -3.24. The zero-order chi connectivity index (χ0) is 19.3. The number of benzene rings is 2. The molecule has 3 heterocycles. The molecule has 0 bridgehead atoms. The fourth-order valence-electron chi connectivity index (χ4n) is 2.82. The van der Waals surface area contributed by atoms with Gasteiger partial charge in [0, 0.05) is 11.6 Å². The van der Waals surface area contributed by atoms with Gasteiger partial charge >= 0.3 is 0 Å². The fourth-order valence-corrected chi connectivity index (χ4v) is 4.30. The number of nitrogens with one attached hydrogen (secondary N) is 1. The molecule has 0 unspecified atom stereocenters. The first-order valence-corrected chi connectivity index (χ1v) is 9.78. The number of carbonyl (C=O) groups excluding carboxylic acids is 1. The van der Waals surface area contributed by atoms with Crippen molar-refractivity contribution in [2.75, 3.05) is 5.32 Å². The second kappa shape index (κ2) is 6.43. The van der Waals surface area contributed by atoms with E-state index in [0.717, 1.165) is 22.9 Å². The summed E-state index contributed by atoms with van der Waals surface area (Å²) in [6, 6.07) is 11.3. The third kappa shape index (κ3) is 2.92. The molecule has 10 heteroatoms. The van der Waals surface area contributed by atoms with Crippen molar-refractivity contribution in [3.05, 3.63) is 59.5 Å². The molecule has 0 radical (unpaired) electrons. The molecule has 0 aliphatic carbocycles. The van der Waals surface area contributed by atoms with E-state index in [4.69, 9.17) is 0 Å². The van der Waals surface area contributed by atoms with Crippen molar-refractivity contribution in [2.45, 2.75) is 6.92 Å². The molecule has 0 saturated carbocycles. The standard InChI is InChI=1S/C18H11FN6OS2/c1-9-6-16(21-17(26)10-2-4-12-14(7-10)24-28-23-12)25(22-9)18-20-13-5-3-11(19)8-15(13)27-18/h2-8H,1H3,(H,21,26). The Morgan fingerprint density at radius 2 is 1.89 bits per heavy atom. The molecule has 5 aromatic rings. The topological polar surface area (TPSA) is 85.6 Å². The molecule has 0 aliphatic heterocycles. The van der Waals surface area contributed by atoms with Gasteiger partial charge in [0.1, 0.15) is 22.7 Å². The van der Waals surface area contributed by atoms with Gasteiger partial charge in [-0.05, 0) is 43.3 Å². The third-order valence-corrected chi connectivity index (χ3v) is 5.66. The summed E-state index contributed by atoms with van der Waals surface area (Å²) >= 11 is 2.40. The van der Waals surface area contributed by atoms with Crippen LogP contribution in [0, 0.1) is 12.7 Å². The smallest absolute Gasteiger partial charge is 0.256 e. The number of hydrogen-bond acceptors (Lipinski definition) is 7. The third-order valence-electron chi connectivity index (χ3n) is 4.11. The molecule has 2 aromatic carbocycles. The maximum Gasteiger partial charge on any atom is 0.256 e. The van der Waals surface area contributed by atoms with Gasteiger partial charge in [0.25, 0.3) is 5.91 Å². The molecular weight excluding hydrogens is 399 g/mol. The average Bonchev–Trinajstić information content (AvgIpc) is 3.38. The number of thiazole rings is 1. The van der Waals surface area contributed by atoms with Crippen molar-refractivity contribution >= 4 is 56.0 Å². The number of carbonyl (C=O) groups is 1. The Morgan fingerprint density at radius 1 is 1.07 bits per heavy atom. The van der Waals surface area contributed by atoms with E-state index in [1.54, 1.807) is 35.0 Å². The number of fused-ring (bicyclic) bond motifs is 2. The number of rotatable bonds is 3. The van der Waals surface area contributed by atoms with Crippen molar-refractivity contribution in [2.24, 2.45) is 0 Å². The SMILES string of the molecule is Cc1cc(NC(=O)c2ccc3nsnc3c2)n(-c2nc3ccc(F)cc3s2)n1. The van der Waals surface area contributed by atoms with E-state index in [0.29, 0.717) is 32.2 Å². The number of halogens is 1. The Balaban J connectivity index is 1.50. The van der Waals surface area contributed by atoms with Gasteiger partial charge in [-0.25, -0.2) is 9.37 Å². The van der Waals surface area contributed by atoms with Gasteiger partial charge in [-0.15, -0.1) is 0 Å². The molecule has 0 saturated heterocycles. The lowest BCUT2D eigenvalue weighted by Crippen LogP contribution is -2.15. The lowest BCUT2D eigenvalue weighted by Gasteiger charge is -2.06. The van der Waals surface area contributed by atoms with Crippen LogP contribution in [-0.4, -0.2) is 29.4 Å². The molecule has 3 aromatic heterocycles. The summed E-state index contributed by atoms with van der Waals surface area (Å²) in [4.78, 5) is 17.2. The number of amides is 1. The molecule has 0 atom stereocenters. The normalized spacial score (nSPS) is 11.4. The van der Waals surface area contributed by atoms with Crippen molar-refractivity contribution in [3.63, 3.8) is 0 Å². The largest absolute Gasteiger partial charge is 0.306 e. The Kier molecular flexibility index (Phi) is 3.88. The van der Waals surface area contributed by atoms with E-state index in [1.807, 2.05) is 6.92 Å². The maximum absolute atomic E-state index is 13.5. The van der Waals surface area contributed by atoms with Crippen molar-refractivity contribution in [1.82, 2.24) is 23.5 Å². The van der Waals surface area contributed by atoms with Crippen LogP contribution in [0.3, 0.4) is 0 Å². The first kappa shape index (κ1) is 16.9. The van der Waals surface area contributed by atoms with Crippen molar-refractivity contribution < 1.29 is 9.18 Å².